The van der Waals surface area contributed by atoms with E-state index in [1.807, 2.05) is 21.0 Å². The molecule has 2 atom stereocenters. The van der Waals surface area contributed by atoms with Gasteiger partial charge in [0, 0.05) is 42.9 Å². The molecular formula is C10H20N6OS. The molecule has 0 fully saturated rings. The molecule has 0 aliphatic carbocycles. The molecule has 7 nitrogen and oxygen atoms in total. The van der Waals surface area contributed by atoms with Crippen molar-refractivity contribution < 1.29 is 4.21 Å². The molecule has 0 aliphatic rings. The highest BCUT2D eigenvalue weighted by Gasteiger charge is 2.08. The van der Waals surface area contributed by atoms with Crippen molar-refractivity contribution in [1.29, 1.82) is 0 Å². The van der Waals surface area contributed by atoms with Crippen LogP contribution in [0.15, 0.2) is 0 Å². The van der Waals surface area contributed by atoms with E-state index in [1.165, 1.54) is 0 Å². The van der Waals surface area contributed by atoms with Gasteiger partial charge in [-0.15, -0.1) is 0 Å². The van der Waals surface area contributed by atoms with Gasteiger partial charge in [-0.3, -0.25) is 4.21 Å². The fourth-order valence-electron chi connectivity index (χ4n) is 1.21. The molecule has 2 unspecified atom stereocenters. The zero-order valence-electron chi connectivity index (χ0n) is 11.2. The van der Waals surface area contributed by atoms with Crippen molar-refractivity contribution in [3.8, 4) is 0 Å². The summed E-state index contributed by atoms with van der Waals surface area (Å²) in [7, 11) is 2.86. The van der Waals surface area contributed by atoms with Gasteiger partial charge in [-0.25, -0.2) is 0 Å². The van der Waals surface area contributed by atoms with Gasteiger partial charge >= 0.3 is 0 Å². The maximum Gasteiger partial charge on any atom is 0.231 e. The first-order chi connectivity index (χ1) is 8.40. The second-order valence-electron chi connectivity index (χ2n) is 4.24. The first kappa shape index (κ1) is 14.6. The minimum atomic E-state index is -0.810. The van der Waals surface area contributed by atoms with E-state index in [-0.39, 0.29) is 11.2 Å². The lowest BCUT2D eigenvalue weighted by Gasteiger charge is -2.13. The van der Waals surface area contributed by atoms with Gasteiger partial charge in [0.05, 0.1) is 0 Å². The summed E-state index contributed by atoms with van der Waals surface area (Å²) >= 11 is 0. The predicted octanol–water partition coefficient (Wildman–Crippen LogP) is 0.0888. The van der Waals surface area contributed by atoms with Crippen LogP contribution in [0.1, 0.15) is 13.3 Å². The minimum absolute atomic E-state index is 0.144. The number of hydrogen-bond donors (Lipinski definition) is 2. The Morgan fingerprint density at radius 1 is 1.39 bits per heavy atom. The Bertz CT molecular complexity index is 425. The average Bonchev–Trinajstić information content (AvgIpc) is 2.27. The number of aromatic nitrogens is 3. The molecule has 0 aliphatic heterocycles. The van der Waals surface area contributed by atoms with Crippen LogP contribution in [0.2, 0.25) is 0 Å². The van der Waals surface area contributed by atoms with Crippen LogP contribution in [0.25, 0.3) is 0 Å². The lowest BCUT2D eigenvalue weighted by Crippen LogP contribution is -2.19. The molecule has 0 radical (unpaired) electrons. The van der Waals surface area contributed by atoms with Gasteiger partial charge < -0.3 is 16.0 Å². The summed E-state index contributed by atoms with van der Waals surface area (Å²) in [6, 6.07) is 0. The van der Waals surface area contributed by atoms with Crippen molar-refractivity contribution in [2.75, 3.05) is 42.8 Å². The van der Waals surface area contributed by atoms with E-state index in [4.69, 9.17) is 5.73 Å². The topological polar surface area (TPSA) is 97.0 Å². The molecule has 102 valence electrons. The van der Waals surface area contributed by atoms with Crippen molar-refractivity contribution in [2.45, 2.75) is 18.6 Å². The molecule has 0 aromatic carbocycles. The summed E-state index contributed by atoms with van der Waals surface area (Å²) in [4.78, 5) is 14.0. The molecule has 1 aromatic heterocycles. The third-order valence-electron chi connectivity index (χ3n) is 2.44. The molecule has 0 saturated heterocycles. The molecule has 3 N–H and O–H groups in total. The summed E-state index contributed by atoms with van der Waals surface area (Å²) in [5.74, 6) is 1.14. The molecule has 0 saturated carbocycles. The number of nitrogens with zero attached hydrogens (tertiary/aromatic N) is 4. The Kier molecular flexibility index (Phi) is 5.26. The van der Waals surface area contributed by atoms with E-state index in [0.717, 1.165) is 6.42 Å². The number of nitrogens with one attached hydrogen (secondary N) is 1. The predicted molar refractivity (Wildman–Crippen MR) is 75.2 cm³/mol. The fourth-order valence-corrected chi connectivity index (χ4v) is 1.66. The zero-order valence-corrected chi connectivity index (χ0v) is 12.0. The molecule has 8 heteroatoms. The number of nitrogens with two attached hydrogens (primary N) is 1. The largest absolute Gasteiger partial charge is 0.368 e. The van der Waals surface area contributed by atoms with E-state index in [1.54, 1.807) is 11.2 Å². The van der Waals surface area contributed by atoms with E-state index in [9.17, 15) is 4.21 Å². The first-order valence-electron chi connectivity index (χ1n) is 5.65. The average molecular weight is 272 g/mol. The van der Waals surface area contributed by atoms with Gasteiger partial charge in [0.25, 0.3) is 0 Å². The summed E-state index contributed by atoms with van der Waals surface area (Å²) in [5.41, 5.74) is 5.60. The smallest absolute Gasteiger partial charge is 0.231 e. The molecule has 1 aromatic rings. The third-order valence-corrected chi connectivity index (χ3v) is 3.81. The van der Waals surface area contributed by atoms with Gasteiger partial charge in [-0.2, -0.15) is 15.0 Å². The van der Waals surface area contributed by atoms with Crippen molar-refractivity contribution in [2.24, 2.45) is 0 Å². The minimum Gasteiger partial charge on any atom is -0.368 e. The summed E-state index contributed by atoms with van der Waals surface area (Å²) in [6.07, 6.45) is 2.49. The van der Waals surface area contributed by atoms with Crippen LogP contribution in [-0.4, -0.2) is 51.3 Å². The quantitative estimate of drug-likeness (QED) is 0.757. The van der Waals surface area contributed by atoms with E-state index in [2.05, 4.69) is 20.3 Å². The van der Waals surface area contributed by atoms with Crippen LogP contribution < -0.4 is 16.0 Å². The normalized spacial score (nSPS) is 14.0. The summed E-state index contributed by atoms with van der Waals surface area (Å²) in [5, 5.41) is 3.21. The summed E-state index contributed by atoms with van der Waals surface area (Å²) < 4.78 is 11.2. The van der Waals surface area contributed by atoms with Crippen LogP contribution >= 0.6 is 0 Å². The Morgan fingerprint density at radius 3 is 2.61 bits per heavy atom. The van der Waals surface area contributed by atoms with Crippen molar-refractivity contribution in [3.05, 3.63) is 0 Å². The standard InChI is InChI=1S/C10H20N6OS/c1-7(18(4)17)5-6-12-9-13-8(11)14-10(15-9)16(2)3/h7H,5-6H2,1-4H3,(H3,11,12,13,14,15). The monoisotopic (exact) mass is 272 g/mol. The molecular weight excluding hydrogens is 252 g/mol. The van der Waals surface area contributed by atoms with Gasteiger partial charge in [0.1, 0.15) is 0 Å². The van der Waals surface area contributed by atoms with Gasteiger partial charge in [0.2, 0.25) is 17.8 Å². The highest BCUT2D eigenvalue weighted by atomic mass is 32.2. The number of anilines is 3. The molecule has 1 rings (SSSR count). The van der Waals surface area contributed by atoms with Crippen LogP contribution in [0.5, 0.6) is 0 Å². The van der Waals surface area contributed by atoms with Crippen LogP contribution in [0.4, 0.5) is 17.8 Å². The molecule has 0 spiro atoms. The van der Waals surface area contributed by atoms with Gasteiger partial charge in [-0.1, -0.05) is 6.92 Å². The number of hydrogen-bond acceptors (Lipinski definition) is 7. The number of rotatable bonds is 6. The zero-order chi connectivity index (χ0) is 13.7. The first-order valence-corrected chi connectivity index (χ1v) is 7.27. The lowest BCUT2D eigenvalue weighted by molar-refractivity contribution is 0.672. The lowest BCUT2D eigenvalue weighted by atomic mass is 10.3. The SMILES string of the molecule is CC(CCNc1nc(N)nc(N(C)C)n1)S(C)=O. The van der Waals surface area contributed by atoms with E-state index < -0.39 is 10.8 Å². The van der Waals surface area contributed by atoms with E-state index >= 15 is 0 Å². The maximum atomic E-state index is 11.2. The third kappa shape index (κ3) is 4.44. The van der Waals surface area contributed by atoms with Crippen LogP contribution in [-0.2, 0) is 10.8 Å². The highest BCUT2D eigenvalue weighted by Crippen LogP contribution is 2.09. The van der Waals surface area contributed by atoms with E-state index in [0.29, 0.717) is 18.4 Å². The fraction of sp³-hybridized carbons (Fsp3) is 0.700. The van der Waals surface area contributed by atoms with Crippen molar-refractivity contribution in [3.63, 3.8) is 0 Å². The van der Waals surface area contributed by atoms with Gasteiger partial charge in [0.15, 0.2) is 0 Å². The maximum absolute atomic E-state index is 11.2. The van der Waals surface area contributed by atoms with Crippen LogP contribution in [0.3, 0.4) is 0 Å². The Labute approximate surface area is 110 Å². The van der Waals surface area contributed by atoms with Crippen molar-refractivity contribution in [1.82, 2.24) is 15.0 Å². The summed E-state index contributed by atoms with van der Waals surface area (Å²) in [6.45, 7) is 2.60. The molecule has 18 heavy (non-hydrogen) atoms. The molecule has 0 bridgehead atoms. The second-order valence-corrected chi connectivity index (χ2v) is 6.04. The molecule has 1 heterocycles. The van der Waals surface area contributed by atoms with Crippen molar-refractivity contribution >= 4 is 28.6 Å². The Balaban J connectivity index is 2.59. The van der Waals surface area contributed by atoms with Crippen LogP contribution in [0, 0.1) is 0 Å². The second kappa shape index (κ2) is 6.48. The number of nitrogen functional groups attached to an aromatic ring is 1. The highest BCUT2D eigenvalue weighted by molar-refractivity contribution is 7.84. The molecule has 0 amide bonds. The Hall–Kier alpha value is -1.44. The van der Waals surface area contributed by atoms with Gasteiger partial charge in [-0.05, 0) is 6.42 Å². The Morgan fingerprint density at radius 2 is 2.06 bits per heavy atom.